The van der Waals surface area contributed by atoms with Gasteiger partial charge in [0.2, 0.25) is 11.8 Å². The van der Waals surface area contributed by atoms with Crippen LogP contribution in [0.4, 0.5) is 4.39 Å². The summed E-state index contributed by atoms with van der Waals surface area (Å²) < 4.78 is 27.0. The Morgan fingerprint density at radius 1 is 0.903 bits per heavy atom. The minimum atomic E-state index is -1.59. The Kier molecular flexibility index (Phi) is 10.1. The maximum absolute atomic E-state index is 13.1. The third-order valence-electron chi connectivity index (χ3n) is 4.32. The number of esters is 3. The molecule has 0 unspecified atom stereocenters. The molecule has 31 heavy (non-hydrogen) atoms. The lowest BCUT2D eigenvalue weighted by Gasteiger charge is -2.26. The molecule has 2 N–H and O–H groups in total. The number of carbonyl (C=O) groups excluding carboxylic acids is 5. The summed E-state index contributed by atoms with van der Waals surface area (Å²) in [6.07, 6.45) is -0.592. The highest BCUT2D eigenvalue weighted by Gasteiger charge is 2.39. The molecular formula is C20H25FN2O8. The summed E-state index contributed by atoms with van der Waals surface area (Å²) in [5.41, 5.74) is 0.531. The predicted octanol–water partition coefficient (Wildman–Crippen LogP) is -0.117. The Bertz CT molecular complexity index is 812. The highest BCUT2D eigenvalue weighted by atomic mass is 19.1. The van der Waals surface area contributed by atoms with Gasteiger partial charge in [0.1, 0.15) is 17.9 Å². The molecule has 2 amide bonds. The van der Waals surface area contributed by atoms with Gasteiger partial charge in [0, 0.05) is 13.3 Å². The molecule has 3 atom stereocenters. The first kappa shape index (κ1) is 25.5. The maximum atomic E-state index is 13.1. The van der Waals surface area contributed by atoms with Gasteiger partial charge in [-0.25, -0.2) is 9.18 Å². The Balaban J connectivity index is 3.17. The van der Waals surface area contributed by atoms with Crippen molar-refractivity contribution in [2.75, 3.05) is 21.3 Å². The fourth-order valence-corrected chi connectivity index (χ4v) is 2.77. The van der Waals surface area contributed by atoms with E-state index in [9.17, 15) is 28.4 Å². The number of nitrogens with one attached hydrogen (secondary N) is 2. The lowest BCUT2D eigenvalue weighted by molar-refractivity contribution is -0.159. The van der Waals surface area contributed by atoms with Gasteiger partial charge in [-0.3, -0.25) is 19.2 Å². The van der Waals surface area contributed by atoms with E-state index in [4.69, 9.17) is 0 Å². The summed E-state index contributed by atoms with van der Waals surface area (Å²) in [7, 11) is 3.19. The first-order chi connectivity index (χ1) is 14.6. The van der Waals surface area contributed by atoms with Gasteiger partial charge in [-0.1, -0.05) is 12.1 Å². The molecule has 0 saturated carbocycles. The van der Waals surface area contributed by atoms with Gasteiger partial charge in [-0.2, -0.15) is 0 Å². The number of rotatable bonds is 10. The normalized spacial score (nSPS) is 13.2. The smallest absolute Gasteiger partial charge is 0.329 e. The van der Waals surface area contributed by atoms with Gasteiger partial charge < -0.3 is 24.8 Å². The Labute approximate surface area is 178 Å². The summed E-state index contributed by atoms with van der Waals surface area (Å²) in [5.74, 6) is -6.03. The fraction of sp³-hybridized carbons (Fsp3) is 0.450. The van der Waals surface area contributed by atoms with Crippen molar-refractivity contribution in [3.63, 3.8) is 0 Å². The van der Waals surface area contributed by atoms with Crippen molar-refractivity contribution in [1.82, 2.24) is 10.6 Å². The van der Waals surface area contributed by atoms with Gasteiger partial charge in [-0.05, 0) is 17.7 Å². The van der Waals surface area contributed by atoms with Crippen LogP contribution in [0.5, 0.6) is 0 Å². The van der Waals surface area contributed by atoms with Crippen LogP contribution in [0, 0.1) is 11.7 Å². The van der Waals surface area contributed by atoms with Crippen LogP contribution in [-0.4, -0.2) is 63.1 Å². The number of amides is 2. The molecule has 11 heteroatoms. The zero-order valence-electron chi connectivity index (χ0n) is 17.6. The van der Waals surface area contributed by atoms with Crippen LogP contribution in [0.1, 0.15) is 18.9 Å². The van der Waals surface area contributed by atoms with Crippen LogP contribution in [-0.2, 0) is 44.6 Å². The highest BCUT2D eigenvalue weighted by Crippen LogP contribution is 2.15. The van der Waals surface area contributed by atoms with E-state index in [1.807, 2.05) is 0 Å². The number of methoxy groups -OCH3 is 3. The summed E-state index contributed by atoms with van der Waals surface area (Å²) in [4.78, 5) is 60.6. The van der Waals surface area contributed by atoms with Crippen molar-refractivity contribution in [3.05, 3.63) is 35.6 Å². The van der Waals surface area contributed by atoms with Gasteiger partial charge in [0.15, 0.2) is 0 Å². The maximum Gasteiger partial charge on any atom is 0.329 e. The second-order valence-corrected chi connectivity index (χ2v) is 6.50. The molecule has 1 aromatic rings. The number of benzene rings is 1. The van der Waals surface area contributed by atoms with Gasteiger partial charge in [0.05, 0.1) is 33.7 Å². The fourth-order valence-electron chi connectivity index (χ4n) is 2.77. The molecule has 0 aliphatic rings. The molecule has 1 rings (SSSR count). The van der Waals surface area contributed by atoms with Crippen LogP contribution in [0.25, 0.3) is 0 Å². The molecule has 0 aliphatic carbocycles. The second kappa shape index (κ2) is 12.3. The second-order valence-electron chi connectivity index (χ2n) is 6.50. The standard InChI is InChI=1S/C20H25FN2O8/c1-11(24)22-15(9-12-5-7-13(21)8-6-12)18(26)23-17(20(28)31-4)14(19(27)30-3)10-16(25)29-2/h5-8,14-15,17H,9-10H2,1-4H3,(H,22,24)(H,23,26)/t14-,15-,17+/m0/s1. The molecule has 0 spiro atoms. The molecular weight excluding hydrogens is 415 g/mol. The topological polar surface area (TPSA) is 137 Å². The molecule has 0 fully saturated rings. The minimum absolute atomic E-state index is 0.0283. The minimum Gasteiger partial charge on any atom is -0.469 e. The molecule has 1 aromatic carbocycles. The summed E-state index contributed by atoms with van der Waals surface area (Å²) in [6, 6.07) is 2.51. The lowest BCUT2D eigenvalue weighted by atomic mass is 9.95. The SMILES string of the molecule is COC(=O)C[C@H](C(=O)OC)[C@@H](NC(=O)[C@H](Cc1ccc(F)cc1)NC(C)=O)C(=O)OC. The van der Waals surface area contributed by atoms with E-state index in [1.54, 1.807) is 0 Å². The summed E-state index contributed by atoms with van der Waals surface area (Å²) >= 11 is 0. The zero-order valence-corrected chi connectivity index (χ0v) is 17.6. The van der Waals surface area contributed by atoms with Crippen molar-refractivity contribution in [3.8, 4) is 0 Å². The number of hydrogen-bond donors (Lipinski definition) is 2. The van der Waals surface area contributed by atoms with Crippen LogP contribution in [0.2, 0.25) is 0 Å². The number of ether oxygens (including phenoxy) is 3. The van der Waals surface area contributed by atoms with Crippen LogP contribution >= 0.6 is 0 Å². The Morgan fingerprint density at radius 3 is 1.97 bits per heavy atom. The van der Waals surface area contributed by atoms with Crippen molar-refractivity contribution >= 4 is 29.7 Å². The van der Waals surface area contributed by atoms with Crippen LogP contribution in [0.15, 0.2) is 24.3 Å². The molecule has 0 heterocycles. The molecule has 0 aliphatic heterocycles. The van der Waals surface area contributed by atoms with E-state index < -0.39 is 60.0 Å². The van der Waals surface area contributed by atoms with E-state index in [-0.39, 0.29) is 6.42 Å². The molecule has 0 bridgehead atoms. The molecule has 0 aromatic heterocycles. The number of carbonyl (C=O) groups is 5. The Morgan fingerprint density at radius 2 is 1.48 bits per heavy atom. The number of hydrogen-bond acceptors (Lipinski definition) is 8. The van der Waals surface area contributed by atoms with E-state index in [0.29, 0.717) is 5.56 Å². The van der Waals surface area contributed by atoms with E-state index in [0.717, 1.165) is 21.3 Å². The van der Waals surface area contributed by atoms with Gasteiger partial charge >= 0.3 is 17.9 Å². The first-order valence-corrected chi connectivity index (χ1v) is 9.17. The summed E-state index contributed by atoms with van der Waals surface area (Å²) in [6.45, 7) is 1.19. The third-order valence-corrected chi connectivity index (χ3v) is 4.32. The van der Waals surface area contributed by atoms with Gasteiger partial charge in [0.25, 0.3) is 0 Å². The third kappa shape index (κ3) is 8.03. The Hall–Kier alpha value is -3.50. The van der Waals surface area contributed by atoms with Crippen LogP contribution in [0.3, 0.4) is 0 Å². The average Bonchev–Trinajstić information content (AvgIpc) is 2.75. The quantitative estimate of drug-likeness (QED) is 0.380. The molecule has 10 nitrogen and oxygen atoms in total. The van der Waals surface area contributed by atoms with Crippen molar-refractivity contribution in [1.29, 1.82) is 0 Å². The average molecular weight is 440 g/mol. The van der Waals surface area contributed by atoms with Crippen molar-refractivity contribution < 1.29 is 42.6 Å². The zero-order chi connectivity index (χ0) is 23.6. The van der Waals surface area contributed by atoms with E-state index in [2.05, 4.69) is 24.8 Å². The summed E-state index contributed by atoms with van der Waals surface area (Å²) in [5, 5.41) is 4.77. The van der Waals surface area contributed by atoms with Crippen LogP contribution < -0.4 is 10.6 Å². The van der Waals surface area contributed by atoms with Gasteiger partial charge in [-0.15, -0.1) is 0 Å². The van der Waals surface area contributed by atoms with E-state index >= 15 is 0 Å². The molecule has 0 saturated heterocycles. The molecule has 0 radical (unpaired) electrons. The van der Waals surface area contributed by atoms with Crippen molar-refractivity contribution in [2.24, 2.45) is 5.92 Å². The highest BCUT2D eigenvalue weighted by molar-refractivity contribution is 5.94. The first-order valence-electron chi connectivity index (χ1n) is 9.17. The van der Waals surface area contributed by atoms with E-state index in [1.165, 1.54) is 31.2 Å². The largest absolute Gasteiger partial charge is 0.469 e. The number of halogens is 1. The van der Waals surface area contributed by atoms with Crippen molar-refractivity contribution in [2.45, 2.75) is 31.8 Å². The predicted molar refractivity (Wildman–Crippen MR) is 104 cm³/mol. The lowest BCUT2D eigenvalue weighted by Crippen LogP contribution is -2.56. The monoisotopic (exact) mass is 440 g/mol. The molecule has 170 valence electrons.